The Morgan fingerprint density at radius 3 is 1.26 bits per heavy atom. The third-order valence-electron chi connectivity index (χ3n) is 17.1. The van der Waals surface area contributed by atoms with E-state index in [2.05, 4.69) is 97.8 Å². The molecule has 6 heteroatoms. The highest BCUT2D eigenvalue weighted by Crippen LogP contribution is 2.42. The second kappa shape index (κ2) is 21.5. The van der Waals surface area contributed by atoms with Crippen molar-refractivity contribution >= 4 is 0 Å². The Morgan fingerprint density at radius 1 is 0.500 bits per heavy atom. The molecule has 6 aliphatic rings. The van der Waals surface area contributed by atoms with Gasteiger partial charge >= 0.3 is 0 Å². The number of hydrazine groups is 1. The smallest absolute Gasteiger partial charge is 0.119 e. The molecule has 2 saturated carbocycles. The monoisotopic (exact) mass is 851 g/mol. The van der Waals surface area contributed by atoms with Gasteiger partial charge in [0.1, 0.15) is 11.5 Å². The summed E-state index contributed by atoms with van der Waals surface area (Å²) in [6.07, 6.45) is 25.9. The van der Waals surface area contributed by atoms with Crippen LogP contribution in [0.1, 0.15) is 167 Å². The minimum atomic E-state index is 0.391. The van der Waals surface area contributed by atoms with Crippen molar-refractivity contribution in [3.8, 4) is 11.5 Å². The summed E-state index contributed by atoms with van der Waals surface area (Å²) in [7, 11) is 0. The van der Waals surface area contributed by atoms with Gasteiger partial charge in [0.25, 0.3) is 0 Å². The zero-order valence-electron chi connectivity index (χ0n) is 40.7. The second-order valence-corrected chi connectivity index (χ2v) is 23.6. The van der Waals surface area contributed by atoms with Crippen LogP contribution < -0.4 is 9.47 Å². The molecule has 346 valence electrons. The van der Waals surface area contributed by atoms with Crippen molar-refractivity contribution in [1.29, 1.82) is 0 Å². The third-order valence-corrected chi connectivity index (χ3v) is 17.1. The van der Waals surface area contributed by atoms with E-state index in [-0.39, 0.29) is 0 Å². The fraction of sp³-hybridized carbons (Fsp3) is 0.786. The Labute approximate surface area is 380 Å². The highest BCUT2D eigenvalue weighted by molar-refractivity contribution is 5.38. The summed E-state index contributed by atoms with van der Waals surface area (Å²) in [5, 5.41) is 5.82. The SMILES string of the molecule is CC(C)(C)C1CCC(N(CCCOc2ccc3c(c2)CCC(CN2CCCC2)C3)N(CCCOc2ccc3c(c2)CCC(CN2CCCC2)C3)C2CCC(C(C)(C)C)CC2)CC1. The molecule has 6 nitrogen and oxygen atoms in total. The number of rotatable bonds is 17. The van der Waals surface area contributed by atoms with Crippen LogP contribution in [0.2, 0.25) is 0 Å². The second-order valence-electron chi connectivity index (χ2n) is 23.6. The zero-order valence-corrected chi connectivity index (χ0v) is 40.7. The predicted molar refractivity (Wildman–Crippen MR) is 259 cm³/mol. The molecule has 2 atom stereocenters. The van der Waals surface area contributed by atoms with Crippen LogP contribution in [0.3, 0.4) is 0 Å². The summed E-state index contributed by atoms with van der Waals surface area (Å²) in [6, 6.07) is 15.4. The molecule has 0 N–H and O–H groups in total. The summed E-state index contributed by atoms with van der Waals surface area (Å²) < 4.78 is 13.3. The largest absolute Gasteiger partial charge is 0.494 e. The molecule has 2 heterocycles. The van der Waals surface area contributed by atoms with Crippen molar-refractivity contribution in [1.82, 2.24) is 19.8 Å². The van der Waals surface area contributed by atoms with Crippen LogP contribution in [0.5, 0.6) is 11.5 Å². The number of hydrogen-bond acceptors (Lipinski definition) is 6. The Kier molecular flexibility index (Phi) is 16.1. The lowest BCUT2D eigenvalue weighted by Gasteiger charge is -2.50. The maximum Gasteiger partial charge on any atom is 0.119 e. The highest BCUT2D eigenvalue weighted by Gasteiger charge is 2.38. The van der Waals surface area contributed by atoms with Gasteiger partial charge in [0.15, 0.2) is 0 Å². The standard InChI is InChI=1S/C56H90N4O2/c1-55(2,3)49-19-23-51(24-20-49)59(33-11-35-61-53-27-17-45-37-43(13-15-47(45)39-53)41-57-29-7-8-30-57)60(52-25-21-50(22-26-52)56(4,5)6)34-12-36-62-54-28-18-46-38-44(14-16-48(46)40-54)42-58-31-9-10-32-58/h17-18,27-28,39-40,43-44,49-52H,7-16,19-26,29-38,41-42H2,1-6H3. The molecule has 62 heavy (non-hydrogen) atoms. The van der Waals surface area contributed by atoms with Crippen molar-refractivity contribution in [2.75, 3.05) is 65.6 Å². The first-order chi connectivity index (χ1) is 29.9. The number of nitrogens with zero attached hydrogens (tertiary/aromatic N) is 4. The molecular formula is C56H90N4O2. The van der Waals surface area contributed by atoms with E-state index in [0.29, 0.717) is 22.9 Å². The highest BCUT2D eigenvalue weighted by atomic mass is 16.5. The van der Waals surface area contributed by atoms with Crippen LogP contribution >= 0.6 is 0 Å². The van der Waals surface area contributed by atoms with Gasteiger partial charge in [0.05, 0.1) is 13.2 Å². The van der Waals surface area contributed by atoms with Gasteiger partial charge in [-0.3, -0.25) is 0 Å². The minimum absolute atomic E-state index is 0.391. The number of aryl methyl sites for hydroxylation is 2. The summed E-state index contributed by atoms with van der Waals surface area (Å²) in [6.45, 7) is 26.4. The number of likely N-dealkylation sites (tertiary alicyclic amines) is 2. The lowest BCUT2D eigenvalue weighted by atomic mass is 9.71. The summed E-state index contributed by atoms with van der Waals surface area (Å²) in [4.78, 5) is 5.41. The van der Waals surface area contributed by atoms with Crippen molar-refractivity contribution in [3.63, 3.8) is 0 Å². The lowest BCUT2D eigenvalue weighted by molar-refractivity contribution is -0.120. The van der Waals surface area contributed by atoms with Crippen LogP contribution in [0, 0.1) is 34.5 Å². The maximum absolute atomic E-state index is 6.63. The molecule has 2 aromatic rings. The van der Waals surface area contributed by atoms with Gasteiger partial charge in [-0.2, -0.15) is 0 Å². The third kappa shape index (κ3) is 12.6. The van der Waals surface area contributed by atoms with Crippen LogP contribution in [0.15, 0.2) is 36.4 Å². The molecule has 2 saturated heterocycles. The molecule has 8 rings (SSSR count). The molecule has 4 fully saturated rings. The Hall–Kier alpha value is -2.12. The Balaban J connectivity index is 0.899. The van der Waals surface area contributed by atoms with E-state index in [1.807, 2.05) is 0 Å². The summed E-state index contributed by atoms with van der Waals surface area (Å²) in [5.74, 6) is 5.43. The Morgan fingerprint density at radius 2 is 0.887 bits per heavy atom. The van der Waals surface area contributed by atoms with Gasteiger partial charge in [0.2, 0.25) is 0 Å². The Bertz CT molecular complexity index is 1540. The van der Waals surface area contributed by atoms with Gasteiger partial charge in [0, 0.05) is 38.3 Å². The first kappa shape index (κ1) is 46.4. The van der Waals surface area contributed by atoms with Crippen molar-refractivity contribution in [2.24, 2.45) is 34.5 Å². The van der Waals surface area contributed by atoms with E-state index in [1.165, 1.54) is 166 Å². The molecule has 4 aliphatic carbocycles. The summed E-state index contributed by atoms with van der Waals surface area (Å²) in [5.41, 5.74) is 6.99. The van der Waals surface area contributed by atoms with Crippen LogP contribution in [0.25, 0.3) is 0 Å². The molecule has 0 radical (unpaired) electrons. The quantitative estimate of drug-likeness (QED) is 0.116. The summed E-state index contributed by atoms with van der Waals surface area (Å²) >= 11 is 0. The number of fused-ring (bicyclic) bond motifs is 2. The first-order valence-electron chi connectivity index (χ1n) is 26.4. The molecule has 2 unspecified atom stereocenters. The van der Waals surface area contributed by atoms with E-state index in [9.17, 15) is 0 Å². The van der Waals surface area contributed by atoms with Crippen LogP contribution in [0.4, 0.5) is 0 Å². The number of benzene rings is 2. The van der Waals surface area contributed by atoms with E-state index < -0.39 is 0 Å². The lowest BCUT2D eigenvalue weighted by Crippen LogP contribution is -2.56. The molecular weight excluding hydrogens is 761 g/mol. The molecule has 0 aromatic heterocycles. The zero-order chi connectivity index (χ0) is 43.1. The van der Waals surface area contributed by atoms with E-state index in [1.54, 1.807) is 11.1 Å². The molecule has 2 aliphatic heterocycles. The van der Waals surface area contributed by atoms with Gasteiger partial charge in [-0.1, -0.05) is 53.7 Å². The van der Waals surface area contributed by atoms with E-state index >= 15 is 0 Å². The topological polar surface area (TPSA) is 31.4 Å². The van der Waals surface area contributed by atoms with Crippen molar-refractivity contribution in [3.05, 3.63) is 58.7 Å². The predicted octanol–water partition coefficient (Wildman–Crippen LogP) is 12.1. The van der Waals surface area contributed by atoms with Crippen LogP contribution in [-0.2, 0) is 25.7 Å². The van der Waals surface area contributed by atoms with Crippen molar-refractivity contribution in [2.45, 2.75) is 182 Å². The fourth-order valence-corrected chi connectivity index (χ4v) is 13.1. The first-order valence-corrected chi connectivity index (χ1v) is 26.4. The molecule has 2 aromatic carbocycles. The molecule has 0 bridgehead atoms. The van der Waals surface area contributed by atoms with Gasteiger partial charge < -0.3 is 19.3 Å². The van der Waals surface area contributed by atoms with Crippen molar-refractivity contribution < 1.29 is 9.47 Å². The molecule has 0 spiro atoms. The normalized spacial score (nSPS) is 27.7. The van der Waals surface area contributed by atoms with E-state index in [4.69, 9.17) is 9.47 Å². The average molecular weight is 851 g/mol. The van der Waals surface area contributed by atoms with Gasteiger partial charge in [-0.15, -0.1) is 0 Å². The number of hydrogen-bond donors (Lipinski definition) is 0. The minimum Gasteiger partial charge on any atom is -0.494 e. The fourth-order valence-electron chi connectivity index (χ4n) is 13.1. The van der Waals surface area contributed by atoms with E-state index in [0.717, 1.165) is 74.3 Å². The maximum atomic E-state index is 6.63. The van der Waals surface area contributed by atoms with Crippen LogP contribution in [-0.4, -0.2) is 97.5 Å². The molecule has 0 amide bonds. The van der Waals surface area contributed by atoms with Gasteiger partial charge in [-0.05, 0) is 236 Å². The average Bonchev–Trinajstić information content (AvgIpc) is 3.99. The number of ether oxygens (including phenoxy) is 2. The van der Waals surface area contributed by atoms with Gasteiger partial charge in [-0.25, -0.2) is 10.0 Å².